The molecule has 0 aliphatic heterocycles. The van der Waals surface area contributed by atoms with Crippen molar-refractivity contribution in [1.29, 1.82) is 0 Å². The maximum absolute atomic E-state index is 10.9. The highest BCUT2D eigenvalue weighted by Crippen LogP contribution is 2.48. The minimum Gasteiger partial charge on any atom is -0.480 e. The summed E-state index contributed by atoms with van der Waals surface area (Å²) in [5.74, 6) is -0.719. The Balaban J connectivity index is 2.42. The number of aliphatic carboxylic acids is 1. The summed E-state index contributed by atoms with van der Waals surface area (Å²) in [6.07, 6.45) is 4.07. The molecule has 3 heteroatoms. The van der Waals surface area contributed by atoms with Crippen LogP contribution in [0.4, 0.5) is 0 Å². The van der Waals surface area contributed by atoms with Crippen molar-refractivity contribution >= 4 is 5.97 Å². The Morgan fingerprint density at radius 1 is 1.57 bits per heavy atom. The van der Waals surface area contributed by atoms with Crippen molar-refractivity contribution in [2.75, 3.05) is 0 Å². The molecule has 3 nitrogen and oxygen atoms in total. The third-order valence-electron chi connectivity index (χ3n) is 3.41. The lowest BCUT2D eigenvalue weighted by Crippen LogP contribution is -2.45. The lowest BCUT2D eigenvalue weighted by Gasteiger charge is -2.24. The Bertz CT molecular complexity index is 211. The molecule has 2 atom stereocenters. The maximum atomic E-state index is 10.9. The monoisotopic (exact) mass is 199 g/mol. The summed E-state index contributed by atoms with van der Waals surface area (Å²) < 4.78 is 0. The first kappa shape index (κ1) is 11.5. The summed E-state index contributed by atoms with van der Waals surface area (Å²) in [5.41, 5.74) is 0.349. The van der Waals surface area contributed by atoms with Crippen molar-refractivity contribution in [1.82, 2.24) is 5.32 Å². The topological polar surface area (TPSA) is 49.3 Å². The minimum absolute atomic E-state index is 0.315. The van der Waals surface area contributed by atoms with Gasteiger partial charge >= 0.3 is 5.97 Å². The average Bonchev–Trinajstić information content (AvgIpc) is 2.84. The van der Waals surface area contributed by atoms with Gasteiger partial charge in [-0.1, -0.05) is 20.3 Å². The standard InChI is InChI=1S/C11H21NO2/c1-4-5-9(10(13)14)12-8(2)11(3)6-7-11/h8-9,12H,4-7H2,1-3H3,(H,13,14). The average molecular weight is 199 g/mol. The lowest BCUT2D eigenvalue weighted by atomic mass is 9.99. The fraction of sp³-hybridized carbons (Fsp3) is 0.909. The molecule has 0 aromatic carbocycles. The molecule has 1 rings (SSSR count). The van der Waals surface area contributed by atoms with Gasteiger partial charge in [0.2, 0.25) is 0 Å². The summed E-state index contributed by atoms with van der Waals surface area (Å²) in [6, 6.07) is -0.0532. The highest BCUT2D eigenvalue weighted by molar-refractivity contribution is 5.73. The number of carboxylic acids is 1. The SMILES string of the molecule is CCCC(NC(C)C1(C)CC1)C(=O)O. The molecule has 14 heavy (non-hydrogen) atoms. The van der Waals surface area contributed by atoms with Gasteiger partial charge in [0.15, 0.2) is 0 Å². The molecule has 0 heterocycles. The predicted octanol–water partition coefficient (Wildman–Crippen LogP) is 2.02. The normalized spacial score (nSPS) is 22.8. The molecular weight excluding hydrogens is 178 g/mol. The van der Waals surface area contributed by atoms with Gasteiger partial charge in [0.05, 0.1) is 0 Å². The van der Waals surface area contributed by atoms with E-state index in [-0.39, 0.29) is 6.04 Å². The molecule has 1 saturated carbocycles. The number of hydrogen-bond donors (Lipinski definition) is 2. The van der Waals surface area contributed by atoms with Gasteiger partial charge in [0, 0.05) is 6.04 Å². The van der Waals surface area contributed by atoms with E-state index in [2.05, 4.69) is 19.2 Å². The number of carboxylic acid groups (broad SMARTS) is 1. The largest absolute Gasteiger partial charge is 0.480 e. The Hall–Kier alpha value is -0.570. The molecular formula is C11H21NO2. The third-order valence-corrected chi connectivity index (χ3v) is 3.41. The first-order valence-corrected chi connectivity index (χ1v) is 5.48. The molecule has 0 aromatic rings. The lowest BCUT2D eigenvalue weighted by molar-refractivity contribution is -0.140. The zero-order valence-corrected chi connectivity index (χ0v) is 9.34. The Morgan fingerprint density at radius 3 is 2.50 bits per heavy atom. The number of nitrogens with one attached hydrogen (secondary N) is 1. The minimum atomic E-state index is -0.719. The molecule has 82 valence electrons. The molecule has 0 bridgehead atoms. The zero-order valence-electron chi connectivity index (χ0n) is 9.34. The van der Waals surface area contributed by atoms with Crippen LogP contribution in [-0.2, 0) is 4.79 Å². The first-order valence-electron chi connectivity index (χ1n) is 5.48. The van der Waals surface area contributed by atoms with Crippen LogP contribution in [-0.4, -0.2) is 23.2 Å². The van der Waals surface area contributed by atoms with Gasteiger partial charge in [-0.05, 0) is 31.6 Å². The van der Waals surface area contributed by atoms with Crippen molar-refractivity contribution < 1.29 is 9.90 Å². The molecule has 0 amide bonds. The number of hydrogen-bond acceptors (Lipinski definition) is 2. The van der Waals surface area contributed by atoms with Crippen LogP contribution in [0.25, 0.3) is 0 Å². The molecule has 1 fully saturated rings. The van der Waals surface area contributed by atoms with E-state index in [4.69, 9.17) is 5.11 Å². The van der Waals surface area contributed by atoms with E-state index in [1.54, 1.807) is 0 Å². The van der Waals surface area contributed by atoms with Crippen LogP contribution in [0.5, 0.6) is 0 Å². The molecule has 0 saturated heterocycles. The van der Waals surface area contributed by atoms with E-state index in [9.17, 15) is 4.79 Å². The Morgan fingerprint density at radius 2 is 2.14 bits per heavy atom. The third kappa shape index (κ3) is 2.71. The Labute approximate surface area is 85.9 Å². The van der Waals surface area contributed by atoms with Gasteiger partial charge in [-0.3, -0.25) is 4.79 Å². The molecule has 0 aromatic heterocycles. The summed E-state index contributed by atoms with van der Waals surface area (Å²) in [4.78, 5) is 10.9. The van der Waals surface area contributed by atoms with Gasteiger partial charge in [-0.25, -0.2) is 0 Å². The second-order valence-corrected chi connectivity index (χ2v) is 4.72. The van der Waals surface area contributed by atoms with Gasteiger partial charge in [-0.2, -0.15) is 0 Å². The van der Waals surface area contributed by atoms with E-state index in [1.165, 1.54) is 12.8 Å². The maximum Gasteiger partial charge on any atom is 0.320 e. The second kappa shape index (κ2) is 4.30. The quantitative estimate of drug-likeness (QED) is 0.688. The van der Waals surface area contributed by atoms with Crippen LogP contribution in [0, 0.1) is 5.41 Å². The van der Waals surface area contributed by atoms with Crippen molar-refractivity contribution in [3.8, 4) is 0 Å². The van der Waals surface area contributed by atoms with Crippen LogP contribution in [0.1, 0.15) is 46.5 Å². The van der Waals surface area contributed by atoms with Crippen molar-refractivity contribution in [3.05, 3.63) is 0 Å². The first-order chi connectivity index (χ1) is 6.49. The summed E-state index contributed by atoms with van der Waals surface area (Å²) >= 11 is 0. The highest BCUT2D eigenvalue weighted by Gasteiger charge is 2.43. The second-order valence-electron chi connectivity index (χ2n) is 4.72. The predicted molar refractivity (Wildman–Crippen MR) is 56.3 cm³/mol. The molecule has 0 radical (unpaired) electrons. The molecule has 1 aliphatic rings. The van der Waals surface area contributed by atoms with Crippen LogP contribution in [0.3, 0.4) is 0 Å². The number of carbonyl (C=O) groups is 1. The summed E-state index contributed by atoms with van der Waals surface area (Å²) in [6.45, 7) is 6.33. The van der Waals surface area contributed by atoms with Gasteiger partial charge in [-0.15, -0.1) is 0 Å². The van der Waals surface area contributed by atoms with Crippen molar-refractivity contribution in [2.24, 2.45) is 5.41 Å². The Kier molecular flexibility index (Phi) is 3.53. The fourth-order valence-electron chi connectivity index (χ4n) is 1.70. The van der Waals surface area contributed by atoms with E-state index in [0.29, 0.717) is 11.5 Å². The van der Waals surface area contributed by atoms with Crippen LogP contribution in [0.2, 0.25) is 0 Å². The fourth-order valence-corrected chi connectivity index (χ4v) is 1.70. The van der Waals surface area contributed by atoms with Crippen LogP contribution in [0.15, 0.2) is 0 Å². The molecule has 2 unspecified atom stereocenters. The van der Waals surface area contributed by atoms with Crippen molar-refractivity contribution in [2.45, 2.75) is 58.5 Å². The van der Waals surface area contributed by atoms with Crippen molar-refractivity contribution in [3.63, 3.8) is 0 Å². The van der Waals surface area contributed by atoms with Crippen LogP contribution < -0.4 is 5.32 Å². The van der Waals surface area contributed by atoms with Gasteiger partial charge in [0.25, 0.3) is 0 Å². The smallest absolute Gasteiger partial charge is 0.320 e. The van der Waals surface area contributed by atoms with E-state index in [1.807, 2.05) is 6.92 Å². The zero-order chi connectivity index (χ0) is 10.8. The molecule has 2 N–H and O–H groups in total. The number of rotatable bonds is 6. The van der Waals surface area contributed by atoms with Gasteiger partial charge in [0.1, 0.15) is 6.04 Å². The highest BCUT2D eigenvalue weighted by atomic mass is 16.4. The summed E-state index contributed by atoms with van der Waals surface area (Å²) in [7, 11) is 0. The molecule has 1 aliphatic carbocycles. The van der Waals surface area contributed by atoms with E-state index >= 15 is 0 Å². The van der Waals surface area contributed by atoms with Crippen LogP contribution >= 0.6 is 0 Å². The van der Waals surface area contributed by atoms with E-state index in [0.717, 1.165) is 12.8 Å². The molecule has 0 spiro atoms. The summed E-state index contributed by atoms with van der Waals surface area (Å²) in [5, 5.41) is 12.2. The van der Waals surface area contributed by atoms with E-state index < -0.39 is 5.97 Å². The van der Waals surface area contributed by atoms with Gasteiger partial charge < -0.3 is 10.4 Å².